The zero-order valence-electron chi connectivity index (χ0n) is 18.5. The van der Waals surface area contributed by atoms with Crippen molar-refractivity contribution in [2.75, 3.05) is 6.54 Å². The van der Waals surface area contributed by atoms with E-state index in [9.17, 15) is 19.2 Å². The molecule has 4 amide bonds. The third kappa shape index (κ3) is 4.73. The summed E-state index contributed by atoms with van der Waals surface area (Å²) in [6.45, 7) is 6.82. The van der Waals surface area contributed by atoms with Crippen LogP contribution in [0.4, 0.5) is 4.79 Å². The van der Waals surface area contributed by atoms with E-state index in [0.717, 1.165) is 24.2 Å². The molecule has 1 aliphatic carbocycles. The lowest BCUT2D eigenvalue weighted by Gasteiger charge is -2.35. The van der Waals surface area contributed by atoms with Crippen molar-refractivity contribution in [1.82, 2.24) is 15.5 Å². The predicted molar refractivity (Wildman–Crippen MR) is 114 cm³/mol. The lowest BCUT2D eigenvalue weighted by atomic mass is 9.78. The molecule has 0 aromatic heterocycles. The van der Waals surface area contributed by atoms with Gasteiger partial charge in [-0.05, 0) is 37.7 Å². The van der Waals surface area contributed by atoms with Gasteiger partial charge in [-0.2, -0.15) is 0 Å². The summed E-state index contributed by atoms with van der Waals surface area (Å²) in [5.74, 6) is -0.848. The van der Waals surface area contributed by atoms with Crippen LogP contribution in [0.3, 0.4) is 0 Å². The van der Waals surface area contributed by atoms with Crippen molar-refractivity contribution in [3.8, 4) is 0 Å². The summed E-state index contributed by atoms with van der Waals surface area (Å²) in [5.41, 5.74) is -0.636. The lowest BCUT2D eigenvalue weighted by molar-refractivity contribution is -0.157. The zero-order valence-corrected chi connectivity index (χ0v) is 18.5. The standard InChI is InChI=1S/C23H31N3O5/c1-14-9-8-12-18(15(14)2)24-20(28)16(3)31-19(27)13-26-21(29)23(4,25-22(26)30)17-10-6-5-7-11-17/h5-7,10-11,14-16,18H,8-9,12-13H2,1-4H3,(H,24,28)(H,25,30)/t14-,15+,16+,18-,23+/m0/s1. The van der Waals surface area contributed by atoms with Gasteiger partial charge in [0.15, 0.2) is 6.10 Å². The fourth-order valence-corrected chi connectivity index (χ4v) is 4.31. The van der Waals surface area contributed by atoms with Gasteiger partial charge >= 0.3 is 12.0 Å². The highest BCUT2D eigenvalue weighted by atomic mass is 16.5. The van der Waals surface area contributed by atoms with E-state index < -0.39 is 36.1 Å². The minimum atomic E-state index is -1.25. The van der Waals surface area contributed by atoms with Crippen LogP contribution in [0.2, 0.25) is 0 Å². The highest BCUT2D eigenvalue weighted by molar-refractivity contribution is 6.08. The number of benzene rings is 1. The summed E-state index contributed by atoms with van der Waals surface area (Å²) in [7, 11) is 0. The molecule has 2 N–H and O–H groups in total. The Bertz CT molecular complexity index is 858. The van der Waals surface area contributed by atoms with Crippen LogP contribution in [0.5, 0.6) is 0 Å². The number of urea groups is 1. The monoisotopic (exact) mass is 429 g/mol. The smallest absolute Gasteiger partial charge is 0.327 e. The van der Waals surface area contributed by atoms with Crippen molar-refractivity contribution in [2.24, 2.45) is 11.8 Å². The maximum Gasteiger partial charge on any atom is 0.327 e. The first-order chi connectivity index (χ1) is 14.6. The van der Waals surface area contributed by atoms with Gasteiger partial charge in [-0.1, -0.05) is 57.0 Å². The quantitative estimate of drug-likeness (QED) is 0.533. The van der Waals surface area contributed by atoms with Gasteiger partial charge in [0.1, 0.15) is 12.1 Å². The summed E-state index contributed by atoms with van der Waals surface area (Å²) < 4.78 is 5.22. The maximum atomic E-state index is 12.9. The molecule has 0 radical (unpaired) electrons. The molecule has 8 nitrogen and oxygen atoms in total. The van der Waals surface area contributed by atoms with E-state index >= 15 is 0 Å². The van der Waals surface area contributed by atoms with Crippen molar-refractivity contribution in [2.45, 2.75) is 64.6 Å². The number of carbonyl (C=O) groups excluding carboxylic acids is 4. The molecule has 5 atom stereocenters. The molecule has 1 aliphatic heterocycles. The number of imide groups is 1. The Labute approximate surface area is 182 Å². The molecule has 2 fully saturated rings. The Hall–Kier alpha value is -2.90. The van der Waals surface area contributed by atoms with Gasteiger partial charge in [0.2, 0.25) is 0 Å². The molecule has 0 unspecified atom stereocenters. The summed E-state index contributed by atoms with van der Waals surface area (Å²) in [4.78, 5) is 51.0. The van der Waals surface area contributed by atoms with Gasteiger partial charge in [-0.25, -0.2) is 4.79 Å². The number of amides is 4. The van der Waals surface area contributed by atoms with Gasteiger partial charge < -0.3 is 15.4 Å². The Morgan fingerprint density at radius 2 is 1.90 bits per heavy atom. The van der Waals surface area contributed by atoms with E-state index in [1.165, 1.54) is 6.92 Å². The normalized spacial score (nSPS) is 29.3. The molecule has 1 saturated heterocycles. The topological polar surface area (TPSA) is 105 Å². The first kappa shape index (κ1) is 22.8. The van der Waals surface area contributed by atoms with Crippen LogP contribution in [0.25, 0.3) is 0 Å². The zero-order chi connectivity index (χ0) is 22.8. The fourth-order valence-electron chi connectivity index (χ4n) is 4.31. The minimum absolute atomic E-state index is 0.0509. The number of rotatable bonds is 6. The van der Waals surface area contributed by atoms with Crippen molar-refractivity contribution >= 4 is 23.8 Å². The third-order valence-corrected chi connectivity index (χ3v) is 6.63. The number of carbonyl (C=O) groups is 4. The van der Waals surface area contributed by atoms with E-state index in [0.29, 0.717) is 17.4 Å². The van der Waals surface area contributed by atoms with Crippen LogP contribution in [0.1, 0.15) is 52.5 Å². The highest BCUT2D eigenvalue weighted by Gasteiger charge is 2.49. The highest BCUT2D eigenvalue weighted by Crippen LogP contribution is 2.30. The Balaban J connectivity index is 1.57. The molecular weight excluding hydrogens is 398 g/mol. The summed E-state index contributed by atoms with van der Waals surface area (Å²) >= 11 is 0. The molecule has 1 heterocycles. The summed E-state index contributed by atoms with van der Waals surface area (Å²) in [6, 6.07) is 8.20. The van der Waals surface area contributed by atoms with Crippen LogP contribution >= 0.6 is 0 Å². The van der Waals surface area contributed by atoms with Crippen molar-refractivity contribution in [1.29, 1.82) is 0 Å². The summed E-state index contributed by atoms with van der Waals surface area (Å²) in [6.07, 6.45) is 2.08. The second kappa shape index (κ2) is 9.08. The van der Waals surface area contributed by atoms with Crippen LogP contribution in [-0.2, 0) is 24.7 Å². The molecule has 8 heteroatoms. The molecule has 0 bridgehead atoms. The molecule has 0 spiro atoms. The number of esters is 1. The van der Waals surface area contributed by atoms with Gasteiger partial charge in [-0.3, -0.25) is 19.3 Å². The average molecular weight is 430 g/mol. The Kier molecular flexibility index (Phi) is 6.67. The van der Waals surface area contributed by atoms with Gasteiger partial charge in [-0.15, -0.1) is 0 Å². The third-order valence-electron chi connectivity index (χ3n) is 6.63. The molecule has 31 heavy (non-hydrogen) atoms. The van der Waals surface area contributed by atoms with Crippen LogP contribution < -0.4 is 10.6 Å². The maximum absolute atomic E-state index is 12.9. The first-order valence-electron chi connectivity index (χ1n) is 10.8. The SMILES string of the molecule is C[C@H]1[C@@H](NC(=O)[C@@H](C)OC(=O)CN2C(=O)N[C@](C)(c3ccccc3)C2=O)CCC[C@@H]1C. The predicted octanol–water partition coefficient (Wildman–Crippen LogP) is 2.33. The van der Waals surface area contributed by atoms with E-state index in [2.05, 4.69) is 24.5 Å². The van der Waals surface area contributed by atoms with Crippen molar-refractivity contribution < 1.29 is 23.9 Å². The molecule has 1 aromatic rings. The van der Waals surface area contributed by atoms with Crippen LogP contribution in [0, 0.1) is 11.8 Å². The van der Waals surface area contributed by atoms with Crippen molar-refractivity contribution in [3.63, 3.8) is 0 Å². The molecule has 1 saturated carbocycles. The van der Waals surface area contributed by atoms with Gasteiger partial charge in [0.25, 0.3) is 11.8 Å². The Morgan fingerprint density at radius 3 is 2.58 bits per heavy atom. The lowest BCUT2D eigenvalue weighted by Crippen LogP contribution is -2.48. The van der Waals surface area contributed by atoms with Gasteiger partial charge in [0, 0.05) is 6.04 Å². The second-order valence-corrected chi connectivity index (χ2v) is 8.83. The first-order valence-corrected chi connectivity index (χ1v) is 10.8. The van der Waals surface area contributed by atoms with Crippen LogP contribution in [0.15, 0.2) is 30.3 Å². The summed E-state index contributed by atoms with van der Waals surface area (Å²) in [5, 5.41) is 5.62. The molecule has 2 aliphatic rings. The molecular formula is C23H31N3O5. The fraction of sp³-hybridized carbons (Fsp3) is 0.565. The van der Waals surface area contributed by atoms with Crippen LogP contribution in [-0.4, -0.2) is 47.4 Å². The number of nitrogens with zero attached hydrogens (tertiary/aromatic N) is 1. The second-order valence-electron chi connectivity index (χ2n) is 8.83. The van der Waals surface area contributed by atoms with Gasteiger partial charge in [0.05, 0.1) is 0 Å². The molecule has 3 rings (SSSR count). The van der Waals surface area contributed by atoms with E-state index in [4.69, 9.17) is 4.74 Å². The molecule has 1 aromatic carbocycles. The average Bonchev–Trinajstić information content (AvgIpc) is 2.96. The molecule has 168 valence electrons. The number of hydrogen-bond donors (Lipinski definition) is 2. The number of hydrogen-bond acceptors (Lipinski definition) is 5. The minimum Gasteiger partial charge on any atom is -0.451 e. The van der Waals surface area contributed by atoms with E-state index in [1.54, 1.807) is 31.2 Å². The number of nitrogens with one attached hydrogen (secondary N) is 2. The van der Waals surface area contributed by atoms with Crippen molar-refractivity contribution in [3.05, 3.63) is 35.9 Å². The number of ether oxygens (including phenoxy) is 1. The largest absolute Gasteiger partial charge is 0.451 e. The van der Waals surface area contributed by atoms with E-state index in [-0.39, 0.29) is 11.9 Å². The Morgan fingerprint density at radius 1 is 1.23 bits per heavy atom. The van der Waals surface area contributed by atoms with E-state index in [1.807, 2.05) is 6.07 Å².